The summed E-state index contributed by atoms with van der Waals surface area (Å²) in [5, 5.41) is -0.0466. The third kappa shape index (κ3) is 5.07. The molecule has 1 aromatic rings. The van der Waals surface area contributed by atoms with E-state index < -0.39 is 0 Å². The molecule has 2 amide bonds. The molecule has 1 aliphatic rings. The quantitative estimate of drug-likeness (QED) is 0.434. The van der Waals surface area contributed by atoms with Gasteiger partial charge < -0.3 is 10.5 Å². The average molecular weight is 364 g/mol. The Hall–Kier alpha value is -1.86. The molecule has 2 N–H and O–H groups in total. The number of benzene rings is 1. The van der Waals surface area contributed by atoms with Gasteiger partial charge in [-0.3, -0.25) is 14.5 Å². The molecule has 0 saturated carbocycles. The lowest BCUT2D eigenvalue weighted by Crippen LogP contribution is -2.28. The fraction of sp³-hybridized carbons (Fsp3) is 0.353. The zero-order valence-corrected chi connectivity index (χ0v) is 15.1. The minimum absolute atomic E-state index is 0.0466. The summed E-state index contributed by atoms with van der Waals surface area (Å²) in [6, 6.07) is 7.58. The summed E-state index contributed by atoms with van der Waals surface area (Å²) in [5.74, 6) is 0.496. The SMILES string of the molecule is COc1ccc(C=C2SC(=O)N(CCCCCC(N)=O)C2=S)cc1. The van der Waals surface area contributed by atoms with E-state index in [1.54, 1.807) is 12.0 Å². The van der Waals surface area contributed by atoms with Crippen LogP contribution >= 0.6 is 24.0 Å². The van der Waals surface area contributed by atoms with Gasteiger partial charge in [0.2, 0.25) is 5.91 Å². The molecule has 5 nitrogen and oxygen atoms in total. The highest BCUT2D eigenvalue weighted by Crippen LogP contribution is 2.33. The molecule has 0 bridgehead atoms. The molecule has 0 aliphatic carbocycles. The fourth-order valence-corrected chi connectivity index (χ4v) is 3.58. The van der Waals surface area contributed by atoms with Crippen LogP contribution in [-0.2, 0) is 4.79 Å². The lowest BCUT2D eigenvalue weighted by atomic mass is 10.2. The van der Waals surface area contributed by atoms with Crippen molar-refractivity contribution >= 4 is 46.2 Å². The number of methoxy groups -OCH3 is 1. The third-order valence-electron chi connectivity index (χ3n) is 3.59. The third-order valence-corrected chi connectivity index (χ3v) is 5.09. The first-order chi connectivity index (χ1) is 11.5. The van der Waals surface area contributed by atoms with Gasteiger partial charge in [-0.15, -0.1) is 0 Å². The second-order valence-corrected chi connectivity index (χ2v) is 6.76. The van der Waals surface area contributed by atoms with Gasteiger partial charge in [0.05, 0.1) is 12.0 Å². The van der Waals surface area contributed by atoms with E-state index in [1.165, 1.54) is 0 Å². The first kappa shape index (κ1) is 18.5. The van der Waals surface area contributed by atoms with Crippen molar-refractivity contribution in [3.05, 3.63) is 34.7 Å². The summed E-state index contributed by atoms with van der Waals surface area (Å²) in [4.78, 5) is 25.8. The molecular weight excluding hydrogens is 344 g/mol. The van der Waals surface area contributed by atoms with Crippen molar-refractivity contribution in [2.24, 2.45) is 5.73 Å². The van der Waals surface area contributed by atoms with Gasteiger partial charge >= 0.3 is 0 Å². The second kappa shape index (κ2) is 8.84. The predicted octanol–water partition coefficient (Wildman–Crippen LogP) is 3.58. The lowest BCUT2D eigenvalue weighted by Gasteiger charge is -2.14. The molecule has 24 heavy (non-hydrogen) atoms. The number of hydrogen-bond donors (Lipinski definition) is 1. The van der Waals surface area contributed by atoms with Crippen LogP contribution in [0, 0.1) is 0 Å². The first-order valence-electron chi connectivity index (χ1n) is 7.69. The van der Waals surface area contributed by atoms with E-state index >= 15 is 0 Å². The van der Waals surface area contributed by atoms with Gasteiger partial charge in [0, 0.05) is 13.0 Å². The monoisotopic (exact) mass is 364 g/mol. The predicted molar refractivity (Wildman–Crippen MR) is 101 cm³/mol. The van der Waals surface area contributed by atoms with Crippen molar-refractivity contribution in [3.8, 4) is 5.75 Å². The Balaban J connectivity index is 1.92. The zero-order valence-electron chi connectivity index (χ0n) is 13.5. The van der Waals surface area contributed by atoms with Gasteiger partial charge in [-0.25, -0.2) is 0 Å². The number of thioether (sulfide) groups is 1. The number of ether oxygens (including phenoxy) is 1. The van der Waals surface area contributed by atoms with Crippen molar-refractivity contribution in [2.75, 3.05) is 13.7 Å². The fourth-order valence-electron chi connectivity index (χ4n) is 2.29. The summed E-state index contributed by atoms with van der Waals surface area (Å²) in [6.45, 7) is 0.573. The molecule has 0 atom stereocenters. The summed E-state index contributed by atoms with van der Waals surface area (Å²) >= 11 is 6.58. The van der Waals surface area contributed by atoms with E-state index in [4.69, 9.17) is 22.7 Å². The summed E-state index contributed by atoms with van der Waals surface area (Å²) in [5.41, 5.74) is 6.08. The Morgan fingerprint density at radius 2 is 2.00 bits per heavy atom. The molecule has 1 fully saturated rings. The Morgan fingerprint density at radius 3 is 2.62 bits per heavy atom. The van der Waals surface area contributed by atoms with Crippen molar-refractivity contribution in [3.63, 3.8) is 0 Å². The van der Waals surface area contributed by atoms with Crippen molar-refractivity contribution < 1.29 is 14.3 Å². The molecule has 0 radical (unpaired) electrons. The minimum Gasteiger partial charge on any atom is -0.497 e. The van der Waals surface area contributed by atoms with Crippen molar-refractivity contribution in [2.45, 2.75) is 25.7 Å². The average Bonchev–Trinajstić information content (AvgIpc) is 2.82. The molecule has 0 aromatic heterocycles. The van der Waals surface area contributed by atoms with Crippen molar-refractivity contribution in [1.82, 2.24) is 4.90 Å². The van der Waals surface area contributed by atoms with Crippen LogP contribution in [0.5, 0.6) is 5.75 Å². The largest absolute Gasteiger partial charge is 0.497 e. The standard InChI is InChI=1S/C17H20N2O3S2/c1-22-13-8-6-12(7-9-13)11-14-16(23)19(17(21)24-14)10-4-2-3-5-15(18)20/h6-9,11H,2-5,10H2,1H3,(H2,18,20). The maximum Gasteiger partial charge on any atom is 0.291 e. The molecule has 7 heteroatoms. The summed E-state index contributed by atoms with van der Waals surface area (Å²) < 4.78 is 5.13. The van der Waals surface area contributed by atoms with Crippen molar-refractivity contribution in [1.29, 1.82) is 0 Å². The first-order valence-corrected chi connectivity index (χ1v) is 8.91. The Bertz CT molecular complexity index is 656. The molecule has 128 valence electrons. The highest BCUT2D eigenvalue weighted by Gasteiger charge is 2.30. The molecule has 0 spiro atoms. The number of primary amides is 1. The van der Waals surface area contributed by atoms with Gasteiger partial charge in [-0.2, -0.15) is 0 Å². The highest BCUT2D eigenvalue weighted by molar-refractivity contribution is 8.19. The molecule has 1 heterocycles. The number of amides is 2. The molecule has 0 unspecified atom stereocenters. The number of nitrogens with two attached hydrogens (primary N) is 1. The number of nitrogens with zero attached hydrogens (tertiary/aromatic N) is 1. The van der Waals surface area contributed by atoms with Crippen LogP contribution < -0.4 is 10.5 Å². The number of unbranched alkanes of at least 4 members (excludes halogenated alkanes) is 2. The maximum atomic E-state index is 12.1. The molecule has 1 aliphatic heterocycles. The van der Waals surface area contributed by atoms with E-state index in [9.17, 15) is 9.59 Å². The highest BCUT2D eigenvalue weighted by atomic mass is 32.2. The topological polar surface area (TPSA) is 72.6 Å². The van der Waals surface area contributed by atoms with Crippen LogP contribution in [0.2, 0.25) is 0 Å². The Labute approximate surface area is 151 Å². The molecule has 1 saturated heterocycles. The normalized spacial score (nSPS) is 16.0. The minimum atomic E-state index is -0.289. The molecule has 1 aromatic carbocycles. The smallest absolute Gasteiger partial charge is 0.291 e. The van der Waals surface area contributed by atoms with Crippen LogP contribution in [0.4, 0.5) is 4.79 Å². The van der Waals surface area contributed by atoms with Gasteiger partial charge in [0.1, 0.15) is 10.7 Å². The van der Waals surface area contributed by atoms with E-state index in [-0.39, 0.29) is 11.1 Å². The number of carbonyl (C=O) groups excluding carboxylic acids is 2. The van der Waals surface area contributed by atoms with E-state index in [0.29, 0.717) is 18.0 Å². The zero-order chi connectivity index (χ0) is 17.5. The van der Waals surface area contributed by atoms with Crippen LogP contribution in [0.15, 0.2) is 29.2 Å². The van der Waals surface area contributed by atoms with Gasteiger partial charge in [0.25, 0.3) is 5.24 Å². The molecular formula is C17H20N2O3S2. The Kier molecular flexibility index (Phi) is 6.81. The summed E-state index contributed by atoms with van der Waals surface area (Å²) in [6.07, 6.45) is 4.69. The van der Waals surface area contributed by atoms with E-state index in [1.807, 2.05) is 30.3 Å². The lowest BCUT2D eigenvalue weighted by molar-refractivity contribution is -0.118. The number of rotatable bonds is 8. The van der Waals surface area contributed by atoms with E-state index in [0.717, 1.165) is 47.2 Å². The molecule has 2 rings (SSSR count). The van der Waals surface area contributed by atoms with Gasteiger partial charge in [-0.05, 0) is 48.4 Å². The van der Waals surface area contributed by atoms with Crippen LogP contribution in [0.1, 0.15) is 31.2 Å². The van der Waals surface area contributed by atoms with E-state index in [2.05, 4.69) is 0 Å². The number of hydrogen-bond acceptors (Lipinski definition) is 5. The van der Waals surface area contributed by atoms with Crippen LogP contribution in [-0.4, -0.2) is 34.7 Å². The van der Waals surface area contributed by atoms with Crippen LogP contribution in [0.25, 0.3) is 6.08 Å². The van der Waals surface area contributed by atoms with Gasteiger partial charge in [0.15, 0.2) is 0 Å². The number of carbonyl (C=O) groups is 2. The second-order valence-electron chi connectivity index (χ2n) is 5.38. The van der Waals surface area contributed by atoms with Gasteiger partial charge in [-0.1, -0.05) is 30.8 Å². The Morgan fingerprint density at radius 1 is 1.29 bits per heavy atom. The number of thiocarbonyl (C=S) groups is 1. The summed E-state index contributed by atoms with van der Waals surface area (Å²) in [7, 11) is 1.62. The maximum absolute atomic E-state index is 12.1. The van der Waals surface area contributed by atoms with Crippen LogP contribution in [0.3, 0.4) is 0 Å².